The summed E-state index contributed by atoms with van der Waals surface area (Å²) in [6, 6.07) is 5.20. The van der Waals surface area contributed by atoms with Gasteiger partial charge in [-0.15, -0.1) is 0 Å². The van der Waals surface area contributed by atoms with Crippen molar-refractivity contribution in [3.63, 3.8) is 0 Å². The summed E-state index contributed by atoms with van der Waals surface area (Å²) in [7, 11) is 1.71. The fraction of sp³-hybridized carbons (Fsp3) is 0.167. The number of hydrogen-bond acceptors (Lipinski definition) is 2. The minimum atomic E-state index is -0.141. The third-order valence-corrected chi connectivity index (χ3v) is 3.27. The third-order valence-electron chi connectivity index (χ3n) is 2.45. The van der Waals surface area contributed by atoms with E-state index in [1.807, 2.05) is 0 Å². The van der Waals surface area contributed by atoms with Crippen molar-refractivity contribution in [2.75, 3.05) is 7.05 Å². The van der Waals surface area contributed by atoms with Crippen LogP contribution in [-0.2, 0) is 6.54 Å². The van der Waals surface area contributed by atoms with E-state index in [1.54, 1.807) is 42.5 Å². The number of carbonyl (C=O) groups is 1. The summed E-state index contributed by atoms with van der Waals surface area (Å²) in [5, 5.41) is 0.439. The normalized spacial score (nSPS) is 10.4. The number of benzene rings is 1. The predicted octanol–water partition coefficient (Wildman–Crippen LogP) is 3.10. The van der Waals surface area contributed by atoms with Crippen LogP contribution in [0.25, 0.3) is 0 Å². The molecule has 0 unspecified atom stereocenters. The first-order chi connectivity index (χ1) is 8.58. The molecule has 6 heteroatoms. The van der Waals surface area contributed by atoms with Crippen molar-refractivity contribution in [1.29, 1.82) is 0 Å². The highest BCUT2D eigenvalue weighted by Gasteiger charge is 2.16. The molecular weight excluding hydrogens is 318 g/mol. The molecule has 0 aliphatic rings. The molecule has 1 aromatic heterocycles. The Bertz CT molecular complexity index is 556. The predicted molar refractivity (Wildman–Crippen MR) is 73.5 cm³/mol. The highest BCUT2D eigenvalue weighted by atomic mass is 79.9. The van der Waals surface area contributed by atoms with Crippen LogP contribution in [0.4, 0.5) is 0 Å². The molecule has 0 saturated carbocycles. The number of halogens is 2. The highest BCUT2D eigenvalue weighted by Crippen LogP contribution is 2.22. The van der Waals surface area contributed by atoms with E-state index in [0.717, 1.165) is 10.3 Å². The molecule has 94 valence electrons. The number of aromatic amines is 1. The van der Waals surface area contributed by atoms with Gasteiger partial charge >= 0.3 is 0 Å². The zero-order valence-electron chi connectivity index (χ0n) is 9.65. The molecule has 0 aliphatic heterocycles. The van der Waals surface area contributed by atoms with Crippen LogP contribution in [0.5, 0.6) is 0 Å². The van der Waals surface area contributed by atoms with Gasteiger partial charge in [0.05, 0.1) is 17.1 Å². The van der Waals surface area contributed by atoms with Crippen molar-refractivity contribution in [3.8, 4) is 0 Å². The second kappa shape index (κ2) is 5.54. The van der Waals surface area contributed by atoms with Crippen LogP contribution >= 0.6 is 27.5 Å². The molecule has 0 fully saturated rings. The summed E-state index contributed by atoms with van der Waals surface area (Å²) in [5.41, 5.74) is 0.472. The minimum absolute atomic E-state index is 0.141. The van der Waals surface area contributed by atoms with Gasteiger partial charge in [-0.3, -0.25) is 4.79 Å². The van der Waals surface area contributed by atoms with Gasteiger partial charge in [0, 0.05) is 23.9 Å². The summed E-state index contributed by atoms with van der Waals surface area (Å²) >= 11 is 9.35. The Balaban J connectivity index is 2.17. The third kappa shape index (κ3) is 2.91. The number of hydrogen-bond donors (Lipinski definition) is 1. The second-order valence-corrected chi connectivity index (χ2v) is 5.14. The largest absolute Gasteiger partial charge is 0.347 e. The van der Waals surface area contributed by atoms with Crippen LogP contribution in [0.3, 0.4) is 0 Å². The van der Waals surface area contributed by atoms with Crippen molar-refractivity contribution >= 4 is 33.4 Å². The molecule has 2 rings (SSSR count). The summed E-state index contributed by atoms with van der Waals surface area (Å²) in [5.74, 6) is 0.592. The Morgan fingerprint density at radius 1 is 1.56 bits per heavy atom. The molecule has 1 amide bonds. The Kier molecular flexibility index (Phi) is 4.04. The van der Waals surface area contributed by atoms with Crippen LogP contribution in [0, 0.1) is 0 Å². The van der Waals surface area contributed by atoms with E-state index in [0.29, 0.717) is 17.1 Å². The fourth-order valence-corrected chi connectivity index (χ4v) is 2.11. The van der Waals surface area contributed by atoms with Crippen molar-refractivity contribution in [2.45, 2.75) is 6.54 Å². The summed E-state index contributed by atoms with van der Waals surface area (Å²) in [6.45, 7) is 0.411. The number of amides is 1. The van der Waals surface area contributed by atoms with E-state index in [9.17, 15) is 4.79 Å². The Morgan fingerprint density at radius 3 is 3.00 bits per heavy atom. The van der Waals surface area contributed by atoms with E-state index in [2.05, 4.69) is 25.9 Å². The molecular formula is C12H11BrClN3O. The number of aromatic nitrogens is 2. The summed E-state index contributed by atoms with van der Waals surface area (Å²) in [6.07, 6.45) is 3.37. The van der Waals surface area contributed by atoms with Crippen LogP contribution in [0.15, 0.2) is 35.1 Å². The van der Waals surface area contributed by atoms with Gasteiger partial charge in [0.25, 0.3) is 5.91 Å². The molecule has 0 saturated heterocycles. The van der Waals surface area contributed by atoms with Gasteiger partial charge in [-0.25, -0.2) is 4.98 Å². The summed E-state index contributed by atoms with van der Waals surface area (Å²) < 4.78 is 0.821. The van der Waals surface area contributed by atoms with E-state index >= 15 is 0 Å². The quantitative estimate of drug-likeness (QED) is 0.941. The van der Waals surface area contributed by atoms with Crippen LogP contribution in [-0.4, -0.2) is 27.8 Å². The van der Waals surface area contributed by atoms with Crippen molar-refractivity contribution in [1.82, 2.24) is 14.9 Å². The van der Waals surface area contributed by atoms with Gasteiger partial charge in [-0.2, -0.15) is 0 Å². The van der Waals surface area contributed by atoms with Crippen LogP contribution in [0.2, 0.25) is 5.02 Å². The van der Waals surface area contributed by atoms with Crippen LogP contribution in [0.1, 0.15) is 16.2 Å². The maximum absolute atomic E-state index is 12.2. The first kappa shape index (κ1) is 13.1. The first-order valence-electron chi connectivity index (χ1n) is 5.26. The SMILES string of the molecule is CN(Cc1ncc[nH]1)C(=O)c1cc(Br)ccc1Cl. The molecule has 18 heavy (non-hydrogen) atoms. The molecule has 0 atom stereocenters. The van der Waals surface area contributed by atoms with Gasteiger partial charge in [-0.1, -0.05) is 27.5 Å². The number of nitrogens with one attached hydrogen (secondary N) is 1. The van der Waals surface area contributed by atoms with Crippen molar-refractivity contribution in [3.05, 3.63) is 51.5 Å². The van der Waals surface area contributed by atoms with Gasteiger partial charge < -0.3 is 9.88 Å². The Labute approximate surface area is 118 Å². The van der Waals surface area contributed by atoms with Crippen molar-refractivity contribution in [2.24, 2.45) is 0 Å². The van der Waals surface area contributed by atoms with Crippen molar-refractivity contribution < 1.29 is 4.79 Å². The Morgan fingerprint density at radius 2 is 2.33 bits per heavy atom. The molecule has 2 aromatic rings. The standard InChI is InChI=1S/C12H11BrClN3O/c1-17(7-11-15-4-5-16-11)12(18)9-6-8(13)2-3-10(9)14/h2-6H,7H2,1H3,(H,15,16). The number of carbonyl (C=O) groups excluding carboxylic acids is 1. The maximum atomic E-state index is 12.2. The number of nitrogens with zero attached hydrogens (tertiary/aromatic N) is 2. The highest BCUT2D eigenvalue weighted by molar-refractivity contribution is 9.10. The zero-order chi connectivity index (χ0) is 13.1. The van der Waals surface area contributed by atoms with E-state index in [1.165, 1.54) is 0 Å². The molecule has 1 N–H and O–H groups in total. The zero-order valence-corrected chi connectivity index (χ0v) is 12.0. The molecule has 1 heterocycles. The van der Waals surface area contributed by atoms with E-state index in [4.69, 9.17) is 11.6 Å². The van der Waals surface area contributed by atoms with Crippen LogP contribution < -0.4 is 0 Å². The van der Waals surface area contributed by atoms with E-state index in [-0.39, 0.29) is 5.91 Å². The minimum Gasteiger partial charge on any atom is -0.347 e. The smallest absolute Gasteiger partial charge is 0.255 e. The van der Waals surface area contributed by atoms with Gasteiger partial charge in [0.15, 0.2) is 0 Å². The molecule has 0 spiro atoms. The molecule has 0 bridgehead atoms. The second-order valence-electron chi connectivity index (χ2n) is 3.82. The van der Waals surface area contributed by atoms with Gasteiger partial charge in [0.1, 0.15) is 5.82 Å². The maximum Gasteiger partial charge on any atom is 0.255 e. The first-order valence-corrected chi connectivity index (χ1v) is 6.44. The lowest BCUT2D eigenvalue weighted by atomic mass is 10.2. The number of rotatable bonds is 3. The lowest BCUT2D eigenvalue weighted by Gasteiger charge is -2.16. The van der Waals surface area contributed by atoms with Gasteiger partial charge in [0.2, 0.25) is 0 Å². The lowest BCUT2D eigenvalue weighted by molar-refractivity contribution is 0.0782. The fourth-order valence-electron chi connectivity index (χ4n) is 1.55. The van der Waals surface area contributed by atoms with Gasteiger partial charge in [-0.05, 0) is 18.2 Å². The molecule has 1 aromatic carbocycles. The number of imidazole rings is 1. The lowest BCUT2D eigenvalue weighted by Crippen LogP contribution is -2.27. The topological polar surface area (TPSA) is 49.0 Å². The molecule has 4 nitrogen and oxygen atoms in total. The summed E-state index contributed by atoms with van der Waals surface area (Å²) in [4.78, 5) is 20.8. The molecule has 0 aliphatic carbocycles. The Hall–Kier alpha value is -1.33. The monoisotopic (exact) mass is 327 g/mol. The molecule has 0 radical (unpaired) electrons. The van der Waals surface area contributed by atoms with E-state index < -0.39 is 0 Å². The average molecular weight is 329 g/mol. The number of H-pyrrole nitrogens is 1. The average Bonchev–Trinajstić information content (AvgIpc) is 2.84.